The third kappa shape index (κ3) is 11.3. The first-order valence-corrected chi connectivity index (χ1v) is 4.14. The minimum absolute atomic E-state index is 0.0636. The molecule has 0 unspecified atom stereocenters. The van der Waals surface area contributed by atoms with Crippen LogP contribution in [0.4, 0.5) is 0 Å². The van der Waals surface area contributed by atoms with Crippen LogP contribution >= 0.6 is 0 Å². The second-order valence-electron chi connectivity index (χ2n) is 3.44. The highest BCUT2D eigenvalue weighted by Crippen LogP contribution is 1.99. The van der Waals surface area contributed by atoms with Crippen molar-refractivity contribution in [1.82, 2.24) is 5.32 Å². The van der Waals surface area contributed by atoms with E-state index in [2.05, 4.69) is 5.32 Å². The molecule has 3 N–H and O–H groups in total. The van der Waals surface area contributed by atoms with E-state index in [1.54, 1.807) is 13.8 Å². The number of hydrogen-bond donors (Lipinski definition) is 3. The van der Waals surface area contributed by atoms with E-state index >= 15 is 0 Å². The fraction of sp³-hybridized carbons (Fsp3) is 0.875. The first kappa shape index (κ1) is 12.3. The van der Waals surface area contributed by atoms with Gasteiger partial charge in [-0.1, -0.05) is 0 Å². The molecule has 0 aliphatic carbocycles. The van der Waals surface area contributed by atoms with Gasteiger partial charge in [-0.05, 0) is 13.8 Å². The maximum atomic E-state index is 10.0. The molecule has 0 bridgehead atoms. The largest absolute Gasteiger partial charge is 0.480 e. The number of aliphatic hydroxyl groups is 1. The molecule has 78 valence electrons. The number of nitrogens with one attached hydrogen (secondary N) is 1. The minimum atomic E-state index is -0.887. The lowest BCUT2D eigenvalue weighted by Gasteiger charge is -2.16. The van der Waals surface area contributed by atoms with E-state index in [-0.39, 0.29) is 13.2 Å². The summed E-state index contributed by atoms with van der Waals surface area (Å²) in [7, 11) is 0. The third-order valence-electron chi connectivity index (χ3n) is 1.15. The van der Waals surface area contributed by atoms with Crippen molar-refractivity contribution in [2.24, 2.45) is 0 Å². The number of carboxylic acids is 1. The average Bonchev–Trinajstić information content (AvgIpc) is 1.93. The van der Waals surface area contributed by atoms with Gasteiger partial charge in [0.05, 0.1) is 25.4 Å². The maximum absolute atomic E-state index is 10.0. The molecule has 0 heterocycles. The van der Waals surface area contributed by atoms with Crippen molar-refractivity contribution >= 4 is 5.97 Å². The molecular formula is C8H17NO4. The quantitative estimate of drug-likeness (QED) is 0.470. The lowest BCUT2D eigenvalue weighted by molar-refractivity contribution is -0.136. The van der Waals surface area contributed by atoms with Crippen LogP contribution in [0.3, 0.4) is 0 Å². The van der Waals surface area contributed by atoms with Gasteiger partial charge in [-0.25, -0.2) is 0 Å². The highest BCUT2D eigenvalue weighted by molar-refractivity contribution is 5.68. The number of rotatable bonds is 7. The van der Waals surface area contributed by atoms with E-state index in [0.29, 0.717) is 13.2 Å². The monoisotopic (exact) mass is 191 g/mol. The molecule has 0 radical (unpaired) electrons. The van der Waals surface area contributed by atoms with E-state index in [9.17, 15) is 9.90 Å². The Morgan fingerprint density at radius 3 is 2.62 bits per heavy atom. The summed E-state index contributed by atoms with van der Waals surface area (Å²) in [6, 6.07) is 0. The summed E-state index contributed by atoms with van der Waals surface area (Å²) in [5, 5.41) is 20.1. The van der Waals surface area contributed by atoms with Gasteiger partial charge in [0.25, 0.3) is 0 Å². The van der Waals surface area contributed by atoms with Crippen LogP contribution in [0.25, 0.3) is 0 Å². The smallest absolute Gasteiger partial charge is 0.317 e. The normalized spacial score (nSPS) is 11.6. The first-order chi connectivity index (χ1) is 5.92. The van der Waals surface area contributed by atoms with Crippen molar-refractivity contribution in [1.29, 1.82) is 0 Å². The molecule has 0 saturated carbocycles. The van der Waals surface area contributed by atoms with Crippen LogP contribution in [0, 0.1) is 0 Å². The standard InChI is InChI=1S/C8H17NO4/c1-8(2,12)6-13-4-3-9-5-7(10)11/h9,12H,3-6H2,1-2H3,(H,10,11). The van der Waals surface area contributed by atoms with E-state index in [4.69, 9.17) is 9.84 Å². The zero-order valence-corrected chi connectivity index (χ0v) is 8.04. The van der Waals surface area contributed by atoms with Gasteiger partial charge in [-0.3, -0.25) is 4.79 Å². The van der Waals surface area contributed by atoms with Gasteiger partial charge in [0.1, 0.15) is 0 Å². The van der Waals surface area contributed by atoms with Gasteiger partial charge < -0.3 is 20.3 Å². The van der Waals surface area contributed by atoms with Crippen LogP contribution in [0.15, 0.2) is 0 Å². The summed E-state index contributed by atoms with van der Waals surface area (Å²) >= 11 is 0. The molecule has 0 spiro atoms. The van der Waals surface area contributed by atoms with Crippen LogP contribution in [-0.4, -0.2) is 48.1 Å². The van der Waals surface area contributed by atoms with Crippen molar-refractivity contribution in [2.75, 3.05) is 26.3 Å². The Hall–Kier alpha value is -0.650. The van der Waals surface area contributed by atoms with Crippen molar-refractivity contribution < 1.29 is 19.7 Å². The third-order valence-corrected chi connectivity index (χ3v) is 1.15. The van der Waals surface area contributed by atoms with Crippen molar-refractivity contribution in [3.05, 3.63) is 0 Å². The Labute approximate surface area is 77.7 Å². The van der Waals surface area contributed by atoms with Gasteiger partial charge in [0.2, 0.25) is 0 Å². The van der Waals surface area contributed by atoms with Gasteiger partial charge >= 0.3 is 5.97 Å². The molecule has 5 nitrogen and oxygen atoms in total. The van der Waals surface area contributed by atoms with Crippen LogP contribution in [0.5, 0.6) is 0 Å². The van der Waals surface area contributed by atoms with Gasteiger partial charge in [0.15, 0.2) is 0 Å². The molecule has 13 heavy (non-hydrogen) atoms. The zero-order valence-electron chi connectivity index (χ0n) is 8.04. The van der Waals surface area contributed by atoms with Gasteiger partial charge in [-0.15, -0.1) is 0 Å². The second kappa shape index (κ2) is 5.90. The Morgan fingerprint density at radius 1 is 1.54 bits per heavy atom. The molecule has 0 fully saturated rings. The summed E-state index contributed by atoms with van der Waals surface area (Å²) in [5.74, 6) is -0.887. The molecule has 0 aromatic heterocycles. The Morgan fingerprint density at radius 2 is 2.15 bits per heavy atom. The van der Waals surface area contributed by atoms with Crippen molar-refractivity contribution in [3.63, 3.8) is 0 Å². The number of hydrogen-bond acceptors (Lipinski definition) is 4. The molecule has 0 saturated heterocycles. The lowest BCUT2D eigenvalue weighted by atomic mass is 10.2. The number of carboxylic acid groups (broad SMARTS) is 1. The highest BCUT2D eigenvalue weighted by Gasteiger charge is 2.11. The molecule has 0 aromatic carbocycles. The molecule has 0 rings (SSSR count). The van der Waals surface area contributed by atoms with Gasteiger partial charge in [-0.2, -0.15) is 0 Å². The Bertz CT molecular complexity index is 153. The molecule has 0 aliphatic rings. The zero-order chi connectivity index (χ0) is 10.3. The van der Waals surface area contributed by atoms with Crippen molar-refractivity contribution in [2.45, 2.75) is 19.4 Å². The first-order valence-electron chi connectivity index (χ1n) is 4.14. The maximum Gasteiger partial charge on any atom is 0.317 e. The minimum Gasteiger partial charge on any atom is -0.480 e. The summed E-state index contributed by atoms with van der Waals surface area (Å²) in [5.41, 5.74) is -0.827. The van der Waals surface area contributed by atoms with Crippen LogP contribution in [-0.2, 0) is 9.53 Å². The summed E-state index contributed by atoms with van der Waals surface area (Å²) in [4.78, 5) is 10.0. The summed E-state index contributed by atoms with van der Waals surface area (Å²) < 4.78 is 5.07. The van der Waals surface area contributed by atoms with Crippen LogP contribution in [0.2, 0.25) is 0 Å². The van der Waals surface area contributed by atoms with Gasteiger partial charge in [0, 0.05) is 6.54 Å². The lowest BCUT2D eigenvalue weighted by Crippen LogP contribution is -2.30. The van der Waals surface area contributed by atoms with E-state index in [0.717, 1.165) is 0 Å². The molecule has 5 heteroatoms. The summed E-state index contributed by atoms with van der Waals surface area (Å²) in [6.45, 7) is 4.36. The number of carbonyl (C=O) groups is 1. The topological polar surface area (TPSA) is 78.8 Å². The van der Waals surface area contributed by atoms with E-state index in [1.165, 1.54) is 0 Å². The fourth-order valence-corrected chi connectivity index (χ4v) is 0.662. The van der Waals surface area contributed by atoms with Crippen molar-refractivity contribution in [3.8, 4) is 0 Å². The van der Waals surface area contributed by atoms with Crippen LogP contribution in [0.1, 0.15) is 13.8 Å². The number of aliphatic carboxylic acids is 1. The molecule has 0 atom stereocenters. The predicted molar refractivity (Wildman–Crippen MR) is 47.6 cm³/mol. The fourth-order valence-electron chi connectivity index (χ4n) is 0.662. The Kier molecular flexibility index (Phi) is 5.61. The Balaban J connectivity index is 3.13. The van der Waals surface area contributed by atoms with E-state index in [1.807, 2.05) is 0 Å². The second-order valence-corrected chi connectivity index (χ2v) is 3.44. The average molecular weight is 191 g/mol. The SMILES string of the molecule is CC(C)(O)COCCNCC(=O)O. The van der Waals surface area contributed by atoms with Crippen LogP contribution < -0.4 is 5.32 Å². The number of ether oxygens (including phenoxy) is 1. The van der Waals surface area contributed by atoms with E-state index < -0.39 is 11.6 Å². The summed E-state index contributed by atoms with van der Waals surface area (Å²) in [6.07, 6.45) is 0. The molecule has 0 aromatic rings. The highest BCUT2D eigenvalue weighted by atomic mass is 16.5. The molecule has 0 aliphatic heterocycles. The molecule has 0 amide bonds. The molecular weight excluding hydrogens is 174 g/mol. The predicted octanol–water partition coefficient (Wildman–Crippen LogP) is -0.552.